The molecule has 2 heteroatoms. The zero-order valence-corrected chi connectivity index (χ0v) is 6.10. The summed E-state index contributed by atoms with van der Waals surface area (Å²) < 4.78 is 0. The van der Waals surface area contributed by atoms with E-state index in [9.17, 15) is 0 Å². The van der Waals surface area contributed by atoms with Crippen molar-refractivity contribution in [2.24, 2.45) is 0 Å². The van der Waals surface area contributed by atoms with Gasteiger partial charge in [0.15, 0.2) is 0 Å². The molecule has 0 radical (unpaired) electrons. The fourth-order valence-corrected chi connectivity index (χ4v) is 0.933. The molecule has 0 saturated carbocycles. The Hall–Kier alpha value is -0.340. The van der Waals surface area contributed by atoms with Crippen molar-refractivity contribution in [3.8, 4) is 0 Å². The molecule has 1 aliphatic rings. The molecule has 0 saturated heterocycles. The molecular weight excluding hydrogens is 116 g/mol. The van der Waals surface area contributed by atoms with E-state index in [1.165, 1.54) is 5.57 Å². The molecule has 1 aliphatic heterocycles. The second kappa shape index (κ2) is 2.12. The molecular formula is C7H12O2. The molecule has 0 fully saturated rings. The molecule has 0 N–H and O–H groups in total. The van der Waals surface area contributed by atoms with Crippen molar-refractivity contribution in [2.45, 2.75) is 26.4 Å². The Balaban J connectivity index is 2.68. The van der Waals surface area contributed by atoms with Crippen LogP contribution in [0.3, 0.4) is 0 Å². The summed E-state index contributed by atoms with van der Waals surface area (Å²) in [4.78, 5) is 9.79. The maximum absolute atomic E-state index is 4.96. The van der Waals surface area contributed by atoms with Crippen LogP contribution < -0.4 is 0 Å². The summed E-state index contributed by atoms with van der Waals surface area (Å²) in [6, 6.07) is 0. The third kappa shape index (κ3) is 1.80. The van der Waals surface area contributed by atoms with Crippen LogP contribution >= 0.6 is 0 Å². The summed E-state index contributed by atoms with van der Waals surface area (Å²) in [5.41, 5.74) is 0.994. The third-order valence-electron chi connectivity index (χ3n) is 1.15. The lowest BCUT2D eigenvalue weighted by atomic mass is 10.1. The largest absolute Gasteiger partial charge is 0.231 e. The van der Waals surface area contributed by atoms with Gasteiger partial charge in [-0.05, 0) is 32.4 Å². The highest BCUT2D eigenvalue weighted by Gasteiger charge is 2.20. The minimum absolute atomic E-state index is 0.234. The molecule has 0 amide bonds. The molecule has 0 aromatic rings. The van der Waals surface area contributed by atoms with Crippen LogP contribution in [0.15, 0.2) is 11.6 Å². The Morgan fingerprint density at radius 1 is 1.56 bits per heavy atom. The summed E-state index contributed by atoms with van der Waals surface area (Å²) in [5, 5.41) is 0. The first kappa shape index (κ1) is 6.78. The average molecular weight is 128 g/mol. The maximum atomic E-state index is 4.96. The standard InChI is InChI=1S/C7H12O2/c1-6-4-7(2,3)9-8-5-6/h4H,5H2,1-3H3. The van der Waals surface area contributed by atoms with Crippen LogP contribution in [0.25, 0.3) is 0 Å². The van der Waals surface area contributed by atoms with Crippen LogP contribution in [-0.2, 0) is 9.78 Å². The Bertz CT molecular complexity index is 136. The minimum atomic E-state index is -0.234. The van der Waals surface area contributed by atoms with E-state index in [2.05, 4.69) is 6.08 Å². The second-order valence-corrected chi connectivity index (χ2v) is 2.94. The fourth-order valence-electron chi connectivity index (χ4n) is 0.933. The Labute approximate surface area is 55.4 Å². The number of rotatable bonds is 0. The SMILES string of the molecule is CC1=CC(C)(C)OOC1. The summed E-state index contributed by atoms with van der Waals surface area (Å²) in [6.45, 7) is 6.57. The van der Waals surface area contributed by atoms with Gasteiger partial charge in [-0.25, -0.2) is 9.78 Å². The molecule has 1 rings (SSSR count). The van der Waals surface area contributed by atoms with Gasteiger partial charge in [-0.15, -0.1) is 0 Å². The van der Waals surface area contributed by atoms with Crippen molar-refractivity contribution in [3.63, 3.8) is 0 Å². The third-order valence-corrected chi connectivity index (χ3v) is 1.15. The van der Waals surface area contributed by atoms with E-state index in [1.807, 2.05) is 20.8 Å². The van der Waals surface area contributed by atoms with Crippen LogP contribution in [0.4, 0.5) is 0 Å². The molecule has 52 valence electrons. The van der Waals surface area contributed by atoms with E-state index < -0.39 is 0 Å². The molecule has 0 aliphatic carbocycles. The molecule has 1 heterocycles. The van der Waals surface area contributed by atoms with Crippen LogP contribution in [-0.4, -0.2) is 12.2 Å². The summed E-state index contributed by atoms with van der Waals surface area (Å²) in [5.74, 6) is 0. The number of hydrogen-bond acceptors (Lipinski definition) is 2. The van der Waals surface area contributed by atoms with Crippen molar-refractivity contribution >= 4 is 0 Å². The van der Waals surface area contributed by atoms with E-state index in [-0.39, 0.29) is 5.60 Å². The van der Waals surface area contributed by atoms with Crippen molar-refractivity contribution in [3.05, 3.63) is 11.6 Å². The van der Waals surface area contributed by atoms with Gasteiger partial charge in [0, 0.05) is 0 Å². The molecule has 9 heavy (non-hydrogen) atoms. The highest BCUT2D eigenvalue weighted by molar-refractivity contribution is 5.08. The van der Waals surface area contributed by atoms with Crippen LogP contribution in [0.5, 0.6) is 0 Å². The monoisotopic (exact) mass is 128 g/mol. The second-order valence-electron chi connectivity index (χ2n) is 2.94. The first-order chi connectivity index (χ1) is 4.10. The van der Waals surface area contributed by atoms with Crippen molar-refractivity contribution in [1.29, 1.82) is 0 Å². The zero-order chi connectivity index (χ0) is 6.91. The molecule has 2 nitrogen and oxygen atoms in total. The van der Waals surface area contributed by atoms with E-state index >= 15 is 0 Å². The molecule has 0 aromatic heterocycles. The van der Waals surface area contributed by atoms with Gasteiger partial charge in [0.05, 0.1) is 0 Å². The molecule has 0 bridgehead atoms. The van der Waals surface area contributed by atoms with Crippen LogP contribution in [0, 0.1) is 0 Å². The van der Waals surface area contributed by atoms with Crippen molar-refractivity contribution < 1.29 is 9.78 Å². The topological polar surface area (TPSA) is 18.5 Å². The summed E-state index contributed by atoms with van der Waals surface area (Å²) in [6.07, 6.45) is 2.07. The fraction of sp³-hybridized carbons (Fsp3) is 0.714. The molecule has 0 spiro atoms. The van der Waals surface area contributed by atoms with Crippen molar-refractivity contribution in [2.75, 3.05) is 6.61 Å². The Morgan fingerprint density at radius 2 is 2.22 bits per heavy atom. The highest BCUT2D eigenvalue weighted by atomic mass is 17.2. The Morgan fingerprint density at radius 3 is 2.56 bits per heavy atom. The first-order valence-corrected chi connectivity index (χ1v) is 3.09. The van der Waals surface area contributed by atoms with Gasteiger partial charge in [-0.3, -0.25) is 0 Å². The minimum Gasteiger partial charge on any atom is -0.231 e. The van der Waals surface area contributed by atoms with Gasteiger partial charge < -0.3 is 0 Å². The van der Waals surface area contributed by atoms with Crippen LogP contribution in [0.1, 0.15) is 20.8 Å². The van der Waals surface area contributed by atoms with Crippen molar-refractivity contribution in [1.82, 2.24) is 0 Å². The molecule has 0 aromatic carbocycles. The van der Waals surface area contributed by atoms with Gasteiger partial charge in [0.1, 0.15) is 12.2 Å². The lowest BCUT2D eigenvalue weighted by Crippen LogP contribution is -2.26. The van der Waals surface area contributed by atoms with Crippen LogP contribution in [0.2, 0.25) is 0 Å². The Kier molecular flexibility index (Phi) is 1.60. The predicted octanol–water partition coefficient (Wildman–Crippen LogP) is 1.67. The molecule has 0 unspecified atom stereocenters. The van der Waals surface area contributed by atoms with Gasteiger partial charge in [0.2, 0.25) is 0 Å². The quantitative estimate of drug-likeness (QED) is 0.365. The van der Waals surface area contributed by atoms with E-state index in [1.54, 1.807) is 0 Å². The summed E-state index contributed by atoms with van der Waals surface area (Å²) in [7, 11) is 0. The van der Waals surface area contributed by atoms with E-state index in [4.69, 9.17) is 9.78 Å². The van der Waals surface area contributed by atoms with Gasteiger partial charge in [0.25, 0.3) is 0 Å². The number of hydrogen-bond donors (Lipinski definition) is 0. The maximum Gasteiger partial charge on any atom is 0.116 e. The van der Waals surface area contributed by atoms with E-state index in [0.29, 0.717) is 6.61 Å². The van der Waals surface area contributed by atoms with Gasteiger partial charge in [-0.1, -0.05) is 0 Å². The van der Waals surface area contributed by atoms with Gasteiger partial charge >= 0.3 is 0 Å². The zero-order valence-electron chi connectivity index (χ0n) is 6.10. The first-order valence-electron chi connectivity index (χ1n) is 3.09. The lowest BCUT2D eigenvalue weighted by molar-refractivity contribution is -0.342. The predicted molar refractivity (Wildman–Crippen MR) is 34.9 cm³/mol. The smallest absolute Gasteiger partial charge is 0.116 e. The van der Waals surface area contributed by atoms with Gasteiger partial charge in [-0.2, -0.15) is 0 Å². The summed E-state index contributed by atoms with van der Waals surface area (Å²) >= 11 is 0. The molecule has 0 atom stereocenters. The van der Waals surface area contributed by atoms with E-state index in [0.717, 1.165) is 0 Å². The highest BCUT2D eigenvalue weighted by Crippen LogP contribution is 2.18. The lowest BCUT2D eigenvalue weighted by Gasteiger charge is -2.24. The average Bonchev–Trinajstić information content (AvgIpc) is 1.60. The normalized spacial score (nSPS) is 25.4.